The van der Waals surface area contributed by atoms with E-state index in [1.54, 1.807) is 0 Å². The van der Waals surface area contributed by atoms with E-state index < -0.39 is 0 Å². The summed E-state index contributed by atoms with van der Waals surface area (Å²) in [6.07, 6.45) is 2.85. The highest BCUT2D eigenvalue weighted by Crippen LogP contribution is 2.14. The average molecular weight is 212 g/mol. The predicted octanol–water partition coefficient (Wildman–Crippen LogP) is -0.324. The molecule has 2 saturated heterocycles. The number of rotatable bonds is 2. The van der Waals surface area contributed by atoms with Crippen molar-refractivity contribution in [3.8, 4) is 0 Å². The van der Waals surface area contributed by atoms with Gasteiger partial charge in [0.25, 0.3) is 0 Å². The zero-order chi connectivity index (χ0) is 10.7. The minimum atomic E-state index is 0.201. The van der Waals surface area contributed by atoms with Crippen LogP contribution in [0.2, 0.25) is 0 Å². The van der Waals surface area contributed by atoms with Gasteiger partial charge in [0.1, 0.15) is 0 Å². The first kappa shape index (κ1) is 10.7. The highest BCUT2D eigenvalue weighted by Gasteiger charge is 2.22. The monoisotopic (exact) mass is 212 g/mol. The molecule has 2 heterocycles. The maximum atomic E-state index is 7.34. The predicted molar refractivity (Wildman–Crippen MR) is 58.9 cm³/mol. The molecular formula is C10H20N4O. The lowest BCUT2D eigenvalue weighted by Gasteiger charge is -2.35. The molecule has 0 aromatic heterocycles. The molecule has 5 heteroatoms. The molecule has 2 rings (SSSR count). The van der Waals surface area contributed by atoms with E-state index in [4.69, 9.17) is 15.9 Å². The molecule has 2 fully saturated rings. The van der Waals surface area contributed by atoms with Gasteiger partial charge in [0.15, 0.2) is 5.96 Å². The second-order valence-corrected chi connectivity index (χ2v) is 4.31. The molecule has 5 nitrogen and oxygen atoms in total. The fraction of sp³-hybridized carbons (Fsp3) is 0.900. The molecule has 0 aliphatic carbocycles. The Bertz CT molecular complexity index is 219. The van der Waals surface area contributed by atoms with Gasteiger partial charge in [-0.1, -0.05) is 0 Å². The molecule has 3 N–H and O–H groups in total. The summed E-state index contributed by atoms with van der Waals surface area (Å²) in [5.41, 5.74) is 5.44. The second kappa shape index (κ2) is 4.81. The van der Waals surface area contributed by atoms with Gasteiger partial charge in [-0.15, -0.1) is 0 Å². The van der Waals surface area contributed by atoms with Crippen molar-refractivity contribution in [2.45, 2.75) is 18.9 Å². The van der Waals surface area contributed by atoms with Gasteiger partial charge in [0.2, 0.25) is 0 Å². The van der Waals surface area contributed by atoms with Crippen molar-refractivity contribution in [2.75, 3.05) is 39.3 Å². The summed E-state index contributed by atoms with van der Waals surface area (Å²) in [5, 5.41) is 7.34. The van der Waals surface area contributed by atoms with Gasteiger partial charge in [0, 0.05) is 39.3 Å². The first-order valence-electron chi connectivity index (χ1n) is 5.68. The quantitative estimate of drug-likeness (QED) is 0.486. The molecule has 0 spiro atoms. The van der Waals surface area contributed by atoms with E-state index in [0.717, 1.165) is 39.3 Å². The van der Waals surface area contributed by atoms with Crippen molar-refractivity contribution in [3.05, 3.63) is 0 Å². The van der Waals surface area contributed by atoms with Crippen LogP contribution < -0.4 is 5.73 Å². The van der Waals surface area contributed by atoms with Crippen LogP contribution in [0.25, 0.3) is 0 Å². The van der Waals surface area contributed by atoms with Crippen LogP contribution in [-0.4, -0.2) is 61.2 Å². The number of nitrogens with two attached hydrogens (primary N) is 1. The Kier molecular flexibility index (Phi) is 3.43. The fourth-order valence-corrected chi connectivity index (χ4v) is 2.25. The highest BCUT2D eigenvalue weighted by molar-refractivity contribution is 5.74. The molecule has 0 bridgehead atoms. The summed E-state index contributed by atoms with van der Waals surface area (Å²) in [6.45, 7) is 5.73. The minimum Gasteiger partial charge on any atom is -0.377 e. The smallest absolute Gasteiger partial charge is 0.188 e. The lowest BCUT2D eigenvalue weighted by atomic mass is 10.2. The molecular weight excluding hydrogens is 192 g/mol. The Morgan fingerprint density at radius 3 is 2.60 bits per heavy atom. The van der Waals surface area contributed by atoms with Gasteiger partial charge in [-0.2, -0.15) is 0 Å². The van der Waals surface area contributed by atoms with E-state index in [1.807, 2.05) is 4.90 Å². The van der Waals surface area contributed by atoms with Crippen LogP contribution in [0.1, 0.15) is 12.8 Å². The summed E-state index contributed by atoms with van der Waals surface area (Å²) >= 11 is 0. The number of nitrogens with one attached hydrogen (secondary N) is 1. The van der Waals surface area contributed by atoms with E-state index in [9.17, 15) is 0 Å². The SMILES string of the molecule is N=C(N)N1CCN(CC2CCCO2)CC1. The van der Waals surface area contributed by atoms with Gasteiger partial charge >= 0.3 is 0 Å². The Labute approximate surface area is 90.7 Å². The topological polar surface area (TPSA) is 65.6 Å². The van der Waals surface area contributed by atoms with Gasteiger partial charge in [0.05, 0.1) is 6.10 Å². The van der Waals surface area contributed by atoms with E-state index in [0.29, 0.717) is 6.10 Å². The molecule has 2 aliphatic rings. The molecule has 0 radical (unpaired) electrons. The molecule has 0 saturated carbocycles. The second-order valence-electron chi connectivity index (χ2n) is 4.31. The third kappa shape index (κ3) is 2.82. The van der Waals surface area contributed by atoms with Crippen LogP contribution in [0, 0.1) is 5.41 Å². The van der Waals surface area contributed by atoms with E-state index in [1.165, 1.54) is 12.8 Å². The van der Waals surface area contributed by atoms with Gasteiger partial charge in [-0.3, -0.25) is 10.3 Å². The third-order valence-electron chi connectivity index (χ3n) is 3.20. The summed E-state index contributed by atoms with van der Waals surface area (Å²) in [6, 6.07) is 0. The number of hydrogen-bond acceptors (Lipinski definition) is 3. The van der Waals surface area contributed by atoms with Crippen LogP contribution in [0.5, 0.6) is 0 Å². The average Bonchev–Trinajstić information content (AvgIpc) is 2.71. The molecule has 1 atom stereocenters. The van der Waals surface area contributed by atoms with Gasteiger partial charge in [-0.05, 0) is 12.8 Å². The largest absolute Gasteiger partial charge is 0.377 e. The number of nitrogens with zero attached hydrogens (tertiary/aromatic N) is 2. The lowest BCUT2D eigenvalue weighted by Crippen LogP contribution is -2.52. The number of guanidine groups is 1. The molecule has 0 amide bonds. The van der Waals surface area contributed by atoms with Crippen molar-refractivity contribution in [1.29, 1.82) is 5.41 Å². The van der Waals surface area contributed by atoms with E-state index in [-0.39, 0.29) is 5.96 Å². The van der Waals surface area contributed by atoms with Crippen molar-refractivity contribution in [1.82, 2.24) is 9.80 Å². The van der Waals surface area contributed by atoms with Crippen LogP contribution in [0.3, 0.4) is 0 Å². The van der Waals surface area contributed by atoms with Crippen molar-refractivity contribution < 1.29 is 4.74 Å². The van der Waals surface area contributed by atoms with Crippen LogP contribution >= 0.6 is 0 Å². The minimum absolute atomic E-state index is 0.201. The van der Waals surface area contributed by atoms with Gasteiger partial charge < -0.3 is 15.4 Å². The Morgan fingerprint density at radius 1 is 1.33 bits per heavy atom. The lowest BCUT2D eigenvalue weighted by molar-refractivity contribution is 0.0601. The Hall–Kier alpha value is -0.810. The van der Waals surface area contributed by atoms with Crippen molar-refractivity contribution in [3.63, 3.8) is 0 Å². The Balaban J connectivity index is 1.71. The van der Waals surface area contributed by atoms with Crippen LogP contribution in [0.4, 0.5) is 0 Å². The molecule has 1 unspecified atom stereocenters. The standard InChI is InChI=1S/C10H20N4O/c11-10(12)14-5-3-13(4-6-14)8-9-2-1-7-15-9/h9H,1-8H2,(H3,11,12). The van der Waals surface area contributed by atoms with Crippen molar-refractivity contribution in [2.24, 2.45) is 5.73 Å². The molecule has 0 aromatic carbocycles. The summed E-state index contributed by atoms with van der Waals surface area (Å²) in [4.78, 5) is 4.33. The maximum absolute atomic E-state index is 7.34. The summed E-state index contributed by atoms with van der Waals surface area (Å²) < 4.78 is 5.61. The van der Waals surface area contributed by atoms with E-state index >= 15 is 0 Å². The number of piperazine rings is 1. The fourth-order valence-electron chi connectivity index (χ4n) is 2.25. The van der Waals surface area contributed by atoms with Crippen LogP contribution in [-0.2, 0) is 4.74 Å². The van der Waals surface area contributed by atoms with Crippen molar-refractivity contribution >= 4 is 5.96 Å². The zero-order valence-electron chi connectivity index (χ0n) is 9.11. The zero-order valence-corrected chi connectivity index (χ0v) is 9.11. The summed E-state index contributed by atoms with van der Waals surface area (Å²) in [7, 11) is 0. The van der Waals surface area contributed by atoms with E-state index in [2.05, 4.69) is 4.90 Å². The third-order valence-corrected chi connectivity index (χ3v) is 3.20. The first-order chi connectivity index (χ1) is 7.25. The molecule has 2 aliphatic heterocycles. The molecule has 86 valence electrons. The van der Waals surface area contributed by atoms with Crippen LogP contribution in [0.15, 0.2) is 0 Å². The number of hydrogen-bond donors (Lipinski definition) is 2. The van der Waals surface area contributed by atoms with Gasteiger partial charge in [-0.25, -0.2) is 0 Å². The number of ether oxygens (including phenoxy) is 1. The normalized spacial score (nSPS) is 28.3. The molecule has 15 heavy (non-hydrogen) atoms. The maximum Gasteiger partial charge on any atom is 0.188 e. The Morgan fingerprint density at radius 2 is 2.07 bits per heavy atom. The first-order valence-corrected chi connectivity index (χ1v) is 5.68. The summed E-state index contributed by atoms with van der Waals surface area (Å²) in [5.74, 6) is 0.201. The highest BCUT2D eigenvalue weighted by atomic mass is 16.5. The molecule has 0 aromatic rings.